The highest BCUT2D eigenvalue weighted by Crippen LogP contribution is 2.27. The number of rotatable bonds is 6. The molecule has 0 spiro atoms. The Kier molecular flexibility index (Phi) is 7.26. The maximum Gasteiger partial charge on any atom is 0.264 e. The van der Waals surface area contributed by atoms with Crippen LogP contribution in [0.25, 0.3) is 0 Å². The number of hydrogen-bond donors (Lipinski definition) is 0. The molecular formula is C23H26ClN3O4S. The molecule has 2 amide bonds. The second-order valence-corrected chi connectivity index (χ2v) is 9.87. The second-order valence-electron chi connectivity index (χ2n) is 7.58. The third kappa shape index (κ3) is 4.97. The molecule has 0 N–H and O–H groups in total. The number of piperazine rings is 1. The van der Waals surface area contributed by atoms with Crippen molar-refractivity contribution in [2.75, 3.05) is 37.0 Å². The van der Waals surface area contributed by atoms with Gasteiger partial charge >= 0.3 is 0 Å². The minimum atomic E-state index is -3.96. The van der Waals surface area contributed by atoms with Gasteiger partial charge in [-0.15, -0.1) is 6.58 Å². The van der Waals surface area contributed by atoms with E-state index in [4.69, 9.17) is 11.6 Å². The van der Waals surface area contributed by atoms with E-state index in [1.807, 2.05) is 0 Å². The van der Waals surface area contributed by atoms with Crippen LogP contribution in [0.2, 0.25) is 5.02 Å². The van der Waals surface area contributed by atoms with Crippen LogP contribution in [-0.4, -0.2) is 62.8 Å². The monoisotopic (exact) mass is 475 g/mol. The molecule has 1 aliphatic heterocycles. The van der Waals surface area contributed by atoms with Crippen molar-refractivity contribution in [3.05, 3.63) is 71.3 Å². The molecule has 32 heavy (non-hydrogen) atoms. The first-order valence-electron chi connectivity index (χ1n) is 10.2. The van der Waals surface area contributed by atoms with Crippen molar-refractivity contribution in [3.8, 4) is 0 Å². The number of anilines is 1. The summed E-state index contributed by atoms with van der Waals surface area (Å²) in [6.07, 6.45) is 1.50. The average molecular weight is 476 g/mol. The fourth-order valence-electron chi connectivity index (χ4n) is 3.58. The first-order valence-corrected chi connectivity index (χ1v) is 12.0. The number of aryl methyl sites for hydroxylation is 1. The number of hydrogen-bond acceptors (Lipinski definition) is 4. The van der Waals surface area contributed by atoms with Gasteiger partial charge in [-0.25, -0.2) is 8.42 Å². The quantitative estimate of drug-likeness (QED) is 0.600. The molecule has 2 aromatic rings. The highest BCUT2D eigenvalue weighted by Gasteiger charge is 2.28. The molecule has 170 valence electrons. The zero-order chi connectivity index (χ0) is 23.5. The number of benzene rings is 2. The smallest absolute Gasteiger partial charge is 0.264 e. The maximum absolute atomic E-state index is 13.5. The number of nitrogens with zero attached hydrogens (tertiary/aromatic N) is 3. The Morgan fingerprint density at radius 2 is 1.66 bits per heavy atom. The second kappa shape index (κ2) is 9.75. The first-order chi connectivity index (χ1) is 15.1. The summed E-state index contributed by atoms with van der Waals surface area (Å²) < 4.78 is 28.2. The molecule has 1 saturated heterocycles. The van der Waals surface area contributed by atoms with Crippen LogP contribution in [0.15, 0.2) is 60.0 Å². The van der Waals surface area contributed by atoms with Gasteiger partial charge in [-0.2, -0.15) is 0 Å². The summed E-state index contributed by atoms with van der Waals surface area (Å²) in [5.41, 5.74) is 1.46. The summed E-state index contributed by atoms with van der Waals surface area (Å²) >= 11 is 5.95. The van der Waals surface area contributed by atoms with E-state index in [0.717, 1.165) is 0 Å². The number of carbonyl (C=O) groups is 2. The van der Waals surface area contributed by atoms with Crippen LogP contribution in [-0.2, 0) is 14.8 Å². The Morgan fingerprint density at radius 3 is 2.22 bits per heavy atom. The molecule has 9 heteroatoms. The van der Waals surface area contributed by atoms with Gasteiger partial charge in [-0.3, -0.25) is 13.9 Å². The summed E-state index contributed by atoms with van der Waals surface area (Å²) in [5.74, 6) is -0.268. The molecule has 1 fully saturated rings. The maximum atomic E-state index is 13.5. The fourth-order valence-corrected chi connectivity index (χ4v) is 5.17. The van der Waals surface area contributed by atoms with E-state index in [-0.39, 0.29) is 23.3 Å². The van der Waals surface area contributed by atoms with Crippen molar-refractivity contribution >= 4 is 39.1 Å². The number of halogens is 1. The normalized spacial score (nSPS) is 14.2. The highest BCUT2D eigenvalue weighted by atomic mass is 35.5. The number of carbonyl (C=O) groups excluding carboxylic acids is 2. The summed E-state index contributed by atoms with van der Waals surface area (Å²) in [5, 5.41) is 0.498. The lowest BCUT2D eigenvalue weighted by molar-refractivity contribution is -0.130. The van der Waals surface area contributed by atoms with E-state index < -0.39 is 10.0 Å². The number of sulfonamides is 1. The molecule has 0 radical (unpaired) electrons. The lowest BCUT2D eigenvalue weighted by Crippen LogP contribution is -2.50. The predicted molar refractivity (Wildman–Crippen MR) is 126 cm³/mol. The lowest BCUT2D eigenvalue weighted by Gasteiger charge is -2.34. The van der Waals surface area contributed by atoms with E-state index in [1.54, 1.807) is 47.1 Å². The van der Waals surface area contributed by atoms with E-state index in [1.165, 1.54) is 29.4 Å². The van der Waals surface area contributed by atoms with Crippen LogP contribution in [0.1, 0.15) is 22.8 Å². The Labute approximate surface area is 193 Å². The Hall–Kier alpha value is -2.84. The highest BCUT2D eigenvalue weighted by molar-refractivity contribution is 7.92. The summed E-state index contributed by atoms with van der Waals surface area (Å²) in [6, 6.07) is 11.0. The molecule has 7 nitrogen and oxygen atoms in total. The molecule has 0 aliphatic carbocycles. The Morgan fingerprint density at radius 1 is 1.06 bits per heavy atom. The largest absolute Gasteiger partial charge is 0.339 e. The molecule has 3 rings (SSSR count). The van der Waals surface area contributed by atoms with Crippen LogP contribution in [0.5, 0.6) is 0 Å². The minimum Gasteiger partial charge on any atom is -0.339 e. The molecule has 0 bridgehead atoms. The first kappa shape index (κ1) is 23.8. The molecule has 0 aromatic heterocycles. The van der Waals surface area contributed by atoms with Crippen molar-refractivity contribution in [1.82, 2.24) is 9.80 Å². The average Bonchev–Trinajstić information content (AvgIpc) is 2.78. The van der Waals surface area contributed by atoms with Crippen LogP contribution in [0.4, 0.5) is 5.69 Å². The van der Waals surface area contributed by atoms with Crippen molar-refractivity contribution in [2.24, 2.45) is 0 Å². The van der Waals surface area contributed by atoms with E-state index >= 15 is 0 Å². The zero-order valence-electron chi connectivity index (χ0n) is 18.1. The Bertz CT molecular complexity index is 1120. The molecule has 0 unspecified atom stereocenters. The molecule has 2 aromatic carbocycles. The molecule has 0 saturated carbocycles. The van der Waals surface area contributed by atoms with Crippen LogP contribution in [0.3, 0.4) is 0 Å². The van der Waals surface area contributed by atoms with Crippen molar-refractivity contribution in [3.63, 3.8) is 0 Å². The number of amides is 2. The van der Waals surface area contributed by atoms with Crippen molar-refractivity contribution < 1.29 is 18.0 Å². The molecular weight excluding hydrogens is 450 g/mol. The van der Waals surface area contributed by atoms with Gasteiger partial charge in [0.15, 0.2) is 0 Å². The van der Waals surface area contributed by atoms with E-state index in [9.17, 15) is 18.0 Å². The van der Waals surface area contributed by atoms with Gasteiger partial charge in [-0.1, -0.05) is 23.7 Å². The van der Waals surface area contributed by atoms with Crippen LogP contribution < -0.4 is 4.31 Å². The summed E-state index contributed by atoms with van der Waals surface area (Å²) in [7, 11) is -3.96. The van der Waals surface area contributed by atoms with Crippen molar-refractivity contribution in [2.45, 2.75) is 18.7 Å². The predicted octanol–water partition coefficient (Wildman–Crippen LogP) is 3.33. The zero-order valence-corrected chi connectivity index (χ0v) is 19.7. The lowest BCUT2D eigenvalue weighted by atomic mass is 10.1. The van der Waals surface area contributed by atoms with Gasteiger partial charge in [0.1, 0.15) is 0 Å². The molecule has 0 atom stereocenters. The summed E-state index contributed by atoms with van der Waals surface area (Å²) in [6.45, 7) is 8.74. The third-order valence-corrected chi connectivity index (χ3v) is 7.49. The minimum absolute atomic E-state index is 0.0191. The molecule has 1 heterocycles. The van der Waals surface area contributed by atoms with Crippen LogP contribution >= 0.6 is 11.6 Å². The van der Waals surface area contributed by atoms with Gasteiger partial charge in [0.2, 0.25) is 5.91 Å². The van der Waals surface area contributed by atoms with Crippen LogP contribution in [0, 0.1) is 6.92 Å². The van der Waals surface area contributed by atoms with Gasteiger partial charge in [0.25, 0.3) is 15.9 Å². The fraction of sp³-hybridized carbons (Fsp3) is 0.304. The topological polar surface area (TPSA) is 78.0 Å². The van der Waals surface area contributed by atoms with Gasteiger partial charge in [0.05, 0.1) is 17.1 Å². The SMILES string of the molecule is C=CCN(c1ccc(Cl)cc1)S(=O)(=O)c1ccc(C)c(C(=O)N2CCN(C(C)=O)CC2)c1. The Balaban J connectivity index is 1.92. The van der Waals surface area contributed by atoms with E-state index in [2.05, 4.69) is 6.58 Å². The van der Waals surface area contributed by atoms with Gasteiger partial charge < -0.3 is 9.80 Å². The molecule has 1 aliphatic rings. The van der Waals surface area contributed by atoms with Gasteiger partial charge in [0, 0.05) is 43.7 Å². The summed E-state index contributed by atoms with van der Waals surface area (Å²) in [4.78, 5) is 28.1. The van der Waals surface area contributed by atoms with Crippen molar-refractivity contribution in [1.29, 1.82) is 0 Å². The van der Waals surface area contributed by atoms with Gasteiger partial charge in [-0.05, 0) is 48.9 Å². The standard InChI is InChI=1S/C23H26ClN3O4S/c1-4-11-27(20-8-6-19(24)7-9-20)32(30,31)21-10-5-17(2)22(16-21)23(29)26-14-12-25(13-15-26)18(3)28/h4-10,16H,1,11-15H2,2-3H3. The third-order valence-electron chi connectivity index (χ3n) is 5.45. The van der Waals surface area contributed by atoms with E-state index in [0.29, 0.717) is 48.0 Å².